The molecule has 1 fully saturated rings. The van der Waals surface area contributed by atoms with Crippen molar-refractivity contribution in [2.75, 3.05) is 6.54 Å². The fourth-order valence-corrected chi connectivity index (χ4v) is 2.75. The van der Waals surface area contributed by atoms with E-state index >= 15 is 0 Å². The molecule has 0 spiro atoms. The summed E-state index contributed by atoms with van der Waals surface area (Å²) in [7, 11) is 0. The third-order valence-electron chi connectivity index (χ3n) is 3.65. The molecular weight excluding hydrogens is 208 g/mol. The SMILES string of the molecule is c1cc(C2CCCCCN2)c2ccncc2c1. The van der Waals surface area contributed by atoms with E-state index in [4.69, 9.17) is 0 Å². The minimum atomic E-state index is 0.517. The molecule has 1 aliphatic heterocycles. The Hall–Kier alpha value is -1.41. The van der Waals surface area contributed by atoms with Crippen LogP contribution in [-0.4, -0.2) is 11.5 Å². The van der Waals surface area contributed by atoms with Crippen LogP contribution in [0.1, 0.15) is 37.3 Å². The molecule has 2 nitrogen and oxygen atoms in total. The highest BCUT2D eigenvalue weighted by molar-refractivity contribution is 5.85. The molecule has 1 saturated heterocycles. The van der Waals surface area contributed by atoms with Crippen LogP contribution in [0, 0.1) is 0 Å². The van der Waals surface area contributed by atoms with E-state index in [0.717, 1.165) is 6.54 Å². The number of benzene rings is 1. The van der Waals surface area contributed by atoms with E-state index in [1.807, 2.05) is 12.4 Å². The second-order valence-corrected chi connectivity index (χ2v) is 4.80. The Morgan fingerprint density at radius 3 is 3.12 bits per heavy atom. The van der Waals surface area contributed by atoms with Gasteiger partial charge >= 0.3 is 0 Å². The highest BCUT2D eigenvalue weighted by atomic mass is 14.9. The van der Waals surface area contributed by atoms with Gasteiger partial charge < -0.3 is 5.32 Å². The molecule has 1 atom stereocenters. The molecule has 0 radical (unpaired) electrons. The van der Waals surface area contributed by atoms with E-state index in [0.29, 0.717) is 6.04 Å². The second kappa shape index (κ2) is 4.84. The molecule has 0 bridgehead atoms. The fraction of sp³-hybridized carbons (Fsp3) is 0.400. The molecule has 1 aromatic carbocycles. The Labute approximate surface area is 102 Å². The summed E-state index contributed by atoms with van der Waals surface area (Å²) in [6, 6.07) is 9.19. The van der Waals surface area contributed by atoms with E-state index in [-0.39, 0.29) is 0 Å². The number of nitrogens with zero attached hydrogens (tertiary/aromatic N) is 1. The van der Waals surface area contributed by atoms with E-state index in [9.17, 15) is 0 Å². The molecule has 1 unspecified atom stereocenters. The number of hydrogen-bond acceptors (Lipinski definition) is 2. The highest BCUT2D eigenvalue weighted by Gasteiger charge is 2.15. The van der Waals surface area contributed by atoms with Crippen molar-refractivity contribution in [1.29, 1.82) is 0 Å². The molecular formula is C15H18N2. The zero-order valence-electron chi connectivity index (χ0n) is 10.0. The molecule has 3 rings (SSSR count). The first-order valence-corrected chi connectivity index (χ1v) is 6.51. The van der Waals surface area contributed by atoms with Gasteiger partial charge in [0.2, 0.25) is 0 Å². The van der Waals surface area contributed by atoms with E-state index < -0.39 is 0 Å². The monoisotopic (exact) mass is 226 g/mol. The number of nitrogens with one attached hydrogen (secondary N) is 1. The van der Waals surface area contributed by atoms with Crippen molar-refractivity contribution in [2.45, 2.75) is 31.7 Å². The predicted octanol–water partition coefficient (Wildman–Crippen LogP) is 3.44. The summed E-state index contributed by atoms with van der Waals surface area (Å²) in [5.74, 6) is 0. The van der Waals surface area contributed by atoms with Gasteiger partial charge in [-0.25, -0.2) is 0 Å². The first-order valence-electron chi connectivity index (χ1n) is 6.51. The van der Waals surface area contributed by atoms with Crippen molar-refractivity contribution in [3.8, 4) is 0 Å². The summed E-state index contributed by atoms with van der Waals surface area (Å²) in [5, 5.41) is 6.26. The zero-order valence-corrected chi connectivity index (χ0v) is 10.0. The Morgan fingerprint density at radius 1 is 1.12 bits per heavy atom. The number of pyridine rings is 1. The number of rotatable bonds is 1. The predicted molar refractivity (Wildman–Crippen MR) is 71.0 cm³/mol. The van der Waals surface area contributed by atoms with Gasteiger partial charge in [0, 0.05) is 23.8 Å². The van der Waals surface area contributed by atoms with E-state index in [2.05, 4.69) is 34.6 Å². The van der Waals surface area contributed by atoms with Crippen LogP contribution >= 0.6 is 0 Å². The van der Waals surface area contributed by atoms with Gasteiger partial charge in [-0.15, -0.1) is 0 Å². The van der Waals surface area contributed by atoms with Crippen LogP contribution in [0.15, 0.2) is 36.7 Å². The van der Waals surface area contributed by atoms with Crippen molar-refractivity contribution < 1.29 is 0 Å². The number of aromatic nitrogens is 1. The van der Waals surface area contributed by atoms with Crippen LogP contribution in [0.4, 0.5) is 0 Å². The minimum absolute atomic E-state index is 0.517. The Kier molecular flexibility index (Phi) is 3.06. The molecule has 88 valence electrons. The Morgan fingerprint density at radius 2 is 2.12 bits per heavy atom. The standard InChI is InChI=1S/C15H18N2/c1-2-7-15(17-9-3-1)14-6-4-5-12-11-16-10-8-13(12)14/h4-6,8,10-11,15,17H,1-3,7,9H2. The van der Waals surface area contributed by atoms with Crippen molar-refractivity contribution >= 4 is 10.8 Å². The quantitative estimate of drug-likeness (QED) is 0.805. The largest absolute Gasteiger partial charge is 0.310 e. The first-order chi connectivity index (χ1) is 8.45. The molecule has 1 aliphatic rings. The summed E-state index contributed by atoms with van der Waals surface area (Å²) in [6.07, 6.45) is 9.09. The molecule has 0 saturated carbocycles. The number of fused-ring (bicyclic) bond motifs is 1. The average Bonchev–Trinajstić information content (AvgIpc) is 2.67. The van der Waals surface area contributed by atoms with Crippen LogP contribution in [0.25, 0.3) is 10.8 Å². The lowest BCUT2D eigenvalue weighted by Crippen LogP contribution is -2.20. The molecule has 1 aromatic heterocycles. The maximum Gasteiger partial charge on any atom is 0.0346 e. The van der Waals surface area contributed by atoms with Crippen LogP contribution in [-0.2, 0) is 0 Å². The highest BCUT2D eigenvalue weighted by Crippen LogP contribution is 2.28. The lowest BCUT2D eigenvalue weighted by molar-refractivity contribution is 0.538. The van der Waals surface area contributed by atoms with Crippen molar-refractivity contribution in [2.24, 2.45) is 0 Å². The normalized spacial score (nSPS) is 21.3. The molecule has 2 aromatic rings. The third kappa shape index (κ3) is 2.18. The van der Waals surface area contributed by atoms with Crippen LogP contribution in [0.2, 0.25) is 0 Å². The molecule has 0 aliphatic carbocycles. The van der Waals surface area contributed by atoms with Gasteiger partial charge in [0.25, 0.3) is 0 Å². The lowest BCUT2D eigenvalue weighted by atomic mass is 9.97. The Bertz CT molecular complexity index is 494. The van der Waals surface area contributed by atoms with Crippen LogP contribution < -0.4 is 5.32 Å². The minimum Gasteiger partial charge on any atom is -0.310 e. The van der Waals surface area contributed by atoms with Crippen molar-refractivity contribution in [3.05, 3.63) is 42.2 Å². The summed E-state index contributed by atoms with van der Waals surface area (Å²) < 4.78 is 0. The fourth-order valence-electron chi connectivity index (χ4n) is 2.75. The third-order valence-corrected chi connectivity index (χ3v) is 3.65. The van der Waals surface area contributed by atoms with Gasteiger partial charge in [-0.1, -0.05) is 31.0 Å². The molecule has 1 N–H and O–H groups in total. The summed E-state index contributed by atoms with van der Waals surface area (Å²) in [6.45, 7) is 1.14. The van der Waals surface area contributed by atoms with Gasteiger partial charge in [0.1, 0.15) is 0 Å². The molecule has 17 heavy (non-hydrogen) atoms. The smallest absolute Gasteiger partial charge is 0.0346 e. The summed E-state index contributed by atoms with van der Waals surface area (Å²) in [4.78, 5) is 4.20. The zero-order chi connectivity index (χ0) is 11.5. The van der Waals surface area contributed by atoms with Gasteiger partial charge in [0.05, 0.1) is 0 Å². The maximum absolute atomic E-state index is 4.20. The van der Waals surface area contributed by atoms with Crippen molar-refractivity contribution in [1.82, 2.24) is 10.3 Å². The first kappa shape index (κ1) is 10.7. The topological polar surface area (TPSA) is 24.9 Å². The van der Waals surface area contributed by atoms with Crippen LogP contribution in [0.3, 0.4) is 0 Å². The Balaban J connectivity index is 2.03. The van der Waals surface area contributed by atoms with Gasteiger partial charge in [-0.2, -0.15) is 0 Å². The van der Waals surface area contributed by atoms with E-state index in [1.54, 1.807) is 0 Å². The molecule has 2 heterocycles. The van der Waals surface area contributed by atoms with Crippen LogP contribution in [0.5, 0.6) is 0 Å². The number of hydrogen-bond donors (Lipinski definition) is 1. The molecule has 2 heteroatoms. The summed E-state index contributed by atoms with van der Waals surface area (Å²) >= 11 is 0. The van der Waals surface area contributed by atoms with Gasteiger partial charge in [0.15, 0.2) is 0 Å². The van der Waals surface area contributed by atoms with Gasteiger partial charge in [-0.05, 0) is 36.4 Å². The lowest BCUT2D eigenvalue weighted by Gasteiger charge is -2.18. The summed E-state index contributed by atoms with van der Waals surface area (Å²) in [5.41, 5.74) is 1.44. The maximum atomic E-state index is 4.20. The molecule has 0 amide bonds. The van der Waals surface area contributed by atoms with E-state index in [1.165, 1.54) is 42.0 Å². The van der Waals surface area contributed by atoms with Crippen molar-refractivity contribution in [3.63, 3.8) is 0 Å². The average molecular weight is 226 g/mol. The van der Waals surface area contributed by atoms with Gasteiger partial charge in [-0.3, -0.25) is 4.98 Å². The second-order valence-electron chi connectivity index (χ2n) is 4.80.